The lowest BCUT2D eigenvalue weighted by Crippen LogP contribution is -2.58. The monoisotopic (exact) mass is 494 g/mol. The zero-order chi connectivity index (χ0) is 25.3. The van der Waals surface area contributed by atoms with Crippen LogP contribution in [-0.2, 0) is 23.9 Å². The molecule has 2 fully saturated rings. The number of cyclic esters (lactones) is 2. The number of ether oxygens (including phenoxy) is 2. The van der Waals surface area contributed by atoms with Gasteiger partial charge in [-0.2, -0.15) is 5.10 Å². The van der Waals surface area contributed by atoms with Crippen molar-refractivity contribution in [2.24, 2.45) is 15.9 Å². The summed E-state index contributed by atoms with van der Waals surface area (Å²) in [4.78, 5) is 42.2. The van der Waals surface area contributed by atoms with Crippen molar-refractivity contribution >= 4 is 35.5 Å². The van der Waals surface area contributed by atoms with Gasteiger partial charge in [-0.25, -0.2) is 0 Å². The second-order valence-corrected chi connectivity index (χ2v) is 11.2. The molecule has 0 saturated carbocycles. The summed E-state index contributed by atoms with van der Waals surface area (Å²) in [6.45, 7) is 8.44. The Morgan fingerprint density at radius 1 is 0.971 bits per heavy atom. The molecule has 0 N–H and O–H groups in total. The zero-order valence-corrected chi connectivity index (χ0v) is 21.0. The van der Waals surface area contributed by atoms with Crippen LogP contribution < -0.4 is 0 Å². The number of fused-ring (bicyclic) bond motifs is 4. The number of halogens is 1. The van der Waals surface area contributed by atoms with E-state index in [1.165, 1.54) is 13.8 Å². The lowest BCUT2D eigenvalue weighted by molar-refractivity contribution is -0.254. The Kier molecular flexibility index (Phi) is 5.15. The predicted octanol–water partition coefficient (Wildman–Crippen LogP) is 4.63. The largest absolute Gasteiger partial charge is 0.422 e. The molecular weight excluding hydrogens is 468 g/mol. The third-order valence-corrected chi connectivity index (χ3v) is 7.35. The third kappa shape index (κ3) is 3.32. The summed E-state index contributed by atoms with van der Waals surface area (Å²) in [7, 11) is 0. The van der Waals surface area contributed by atoms with Crippen LogP contribution in [-0.4, -0.2) is 40.8 Å². The van der Waals surface area contributed by atoms with Crippen LogP contribution in [0.15, 0.2) is 53.6 Å². The van der Waals surface area contributed by atoms with Gasteiger partial charge in [0.05, 0.1) is 6.21 Å². The molecule has 35 heavy (non-hydrogen) atoms. The maximum atomic E-state index is 14.1. The smallest absolute Gasteiger partial charge is 0.330 e. The molecule has 2 saturated heterocycles. The average Bonchev–Trinajstić information content (AvgIpc) is 3.08. The summed E-state index contributed by atoms with van der Waals surface area (Å²) >= 11 is 6.67. The van der Waals surface area contributed by atoms with Crippen LogP contribution >= 0.6 is 11.6 Å². The van der Waals surface area contributed by atoms with Gasteiger partial charge < -0.3 is 9.47 Å². The molecule has 7 nitrogen and oxygen atoms in total. The highest BCUT2D eigenvalue weighted by Crippen LogP contribution is 2.63. The third-order valence-electron chi connectivity index (χ3n) is 7.01. The summed E-state index contributed by atoms with van der Waals surface area (Å²) in [5.74, 6) is -4.12. The number of hydrazone groups is 1. The maximum Gasteiger partial charge on any atom is 0.330 e. The summed E-state index contributed by atoms with van der Waals surface area (Å²) in [6.07, 6.45) is 1.65. The fourth-order valence-electron chi connectivity index (χ4n) is 5.53. The number of ketones is 1. The maximum absolute atomic E-state index is 14.1. The van der Waals surface area contributed by atoms with E-state index in [9.17, 15) is 14.4 Å². The van der Waals surface area contributed by atoms with Crippen molar-refractivity contribution < 1.29 is 23.9 Å². The average molecular weight is 495 g/mol. The molecule has 0 radical (unpaired) electrons. The van der Waals surface area contributed by atoms with Crippen LogP contribution in [0, 0.1) is 10.8 Å². The van der Waals surface area contributed by atoms with Crippen molar-refractivity contribution in [1.82, 2.24) is 5.01 Å². The van der Waals surface area contributed by atoms with Crippen molar-refractivity contribution in [3.05, 3.63) is 70.2 Å². The molecule has 0 unspecified atom stereocenters. The summed E-state index contributed by atoms with van der Waals surface area (Å²) < 4.78 is 11.5. The first-order chi connectivity index (χ1) is 16.4. The van der Waals surface area contributed by atoms with Crippen LogP contribution in [0.4, 0.5) is 0 Å². The normalized spacial score (nSPS) is 26.1. The molecule has 8 heteroatoms. The molecule has 2 aromatic rings. The minimum Gasteiger partial charge on any atom is -0.422 e. The van der Waals surface area contributed by atoms with E-state index in [1.54, 1.807) is 56.3 Å². The van der Waals surface area contributed by atoms with Gasteiger partial charge in [-0.15, -0.1) is 0 Å². The van der Waals surface area contributed by atoms with Crippen LogP contribution in [0.3, 0.4) is 0 Å². The molecule has 3 heterocycles. The van der Waals surface area contributed by atoms with Gasteiger partial charge in [0.15, 0.2) is 5.78 Å². The summed E-state index contributed by atoms with van der Waals surface area (Å²) in [5.41, 5.74) is -0.765. The van der Waals surface area contributed by atoms with E-state index in [-0.39, 0.29) is 5.78 Å². The van der Waals surface area contributed by atoms with Crippen LogP contribution in [0.5, 0.6) is 0 Å². The number of carbonyl (C=O) groups is 3. The molecule has 2 aromatic carbocycles. The quantitative estimate of drug-likeness (QED) is 0.447. The van der Waals surface area contributed by atoms with Gasteiger partial charge in [-0.1, -0.05) is 74.8 Å². The highest BCUT2D eigenvalue weighted by atomic mass is 35.5. The summed E-state index contributed by atoms with van der Waals surface area (Å²) in [5, 5.41) is 6.56. The van der Waals surface area contributed by atoms with Gasteiger partial charge in [0.1, 0.15) is 12.1 Å². The van der Waals surface area contributed by atoms with Gasteiger partial charge in [-0.05, 0) is 22.8 Å². The van der Waals surface area contributed by atoms with E-state index in [2.05, 4.69) is 5.10 Å². The predicted molar refractivity (Wildman–Crippen MR) is 130 cm³/mol. The number of esters is 2. The van der Waals surface area contributed by atoms with Gasteiger partial charge in [0, 0.05) is 30.2 Å². The Labute approximate surface area is 209 Å². The number of carbonyl (C=O) groups excluding carboxylic acids is 3. The minimum atomic E-state index is -1.90. The second kappa shape index (κ2) is 7.65. The Morgan fingerprint density at radius 2 is 1.54 bits per heavy atom. The fourth-order valence-corrected chi connectivity index (χ4v) is 5.78. The van der Waals surface area contributed by atoms with Crippen molar-refractivity contribution in [3.8, 4) is 0 Å². The van der Waals surface area contributed by atoms with E-state index in [1.807, 2.05) is 24.3 Å². The molecule has 3 aliphatic heterocycles. The van der Waals surface area contributed by atoms with Crippen molar-refractivity contribution in [3.63, 3.8) is 0 Å². The Bertz CT molecular complexity index is 1260. The molecular formula is C27H27ClN2O5. The molecule has 0 aliphatic carbocycles. The minimum absolute atomic E-state index is 0.175. The van der Waals surface area contributed by atoms with Crippen LogP contribution in [0.2, 0.25) is 5.02 Å². The molecule has 1 spiro atoms. The fraction of sp³-hybridized carbons (Fsp3) is 0.407. The van der Waals surface area contributed by atoms with Crippen LogP contribution in [0.25, 0.3) is 0 Å². The Balaban J connectivity index is 1.87. The first kappa shape index (κ1) is 23.5. The molecule has 0 amide bonds. The molecule has 182 valence electrons. The van der Waals surface area contributed by atoms with Crippen molar-refractivity contribution in [2.75, 3.05) is 0 Å². The van der Waals surface area contributed by atoms with Gasteiger partial charge in [0.25, 0.3) is 5.79 Å². The van der Waals surface area contributed by atoms with Crippen molar-refractivity contribution in [1.29, 1.82) is 0 Å². The van der Waals surface area contributed by atoms with E-state index >= 15 is 0 Å². The Hall–Kier alpha value is -3.19. The number of nitrogens with zero attached hydrogens (tertiary/aromatic N) is 2. The lowest BCUT2D eigenvalue weighted by Gasteiger charge is -2.44. The zero-order valence-electron chi connectivity index (χ0n) is 20.2. The SMILES string of the molecule is CC1(C)OC(=O)C2(C(=O)O1)[C@@H]1c3ccccc3C=NN1[C@@H](C(=O)C(C)(C)C)[C@@H]2c1ccccc1Cl. The number of benzene rings is 2. The standard InChI is InChI=1S/C27H27ClN2O5/c1-25(2,3)22(31)20-19(17-12-8-9-13-18(17)28)27(23(32)34-26(4,5)35-24(27)33)21-16-11-7-6-10-15(16)14-29-30(20)21/h6-14,19-21H,1-5H3/t19-,20+,21-/m0/s1. The van der Waals surface area contributed by atoms with E-state index < -0.39 is 46.6 Å². The lowest BCUT2D eigenvalue weighted by atomic mass is 9.64. The first-order valence-corrected chi connectivity index (χ1v) is 11.9. The van der Waals surface area contributed by atoms with E-state index in [4.69, 9.17) is 21.1 Å². The topological polar surface area (TPSA) is 85.3 Å². The van der Waals surface area contributed by atoms with Gasteiger partial charge in [-0.3, -0.25) is 19.4 Å². The summed E-state index contributed by atoms with van der Waals surface area (Å²) in [6, 6.07) is 12.4. The van der Waals surface area contributed by atoms with Crippen LogP contribution in [0.1, 0.15) is 63.3 Å². The number of rotatable bonds is 2. The molecule has 0 bridgehead atoms. The highest BCUT2D eigenvalue weighted by molar-refractivity contribution is 6.31. The number of hydrogen-bond donors (Lipinski definition) is 0. The Morgan fingerprint density at radius 3 is 2.14 bits per heavy atom. The van der Waals surface area contributed by atoms with Gasteiger partial charge in [0.2, 0.25) is 5.41 Å². The van der Waals surface area contributed by atoms with E-state index in [0.29, 0.717) is 16.1 Å². The molecule has 5 rings (SSSR count). The van der Waals surface area contributed by atoms with Crippen molar-refractivity contribution in [2.45, 2.75) is 58.4 Å². The first-order valence-electron chi connectivity index (χ1n) is 11.6. The molecule has 3 atom stereocenters. The number of Topliss-reactive ketones (excluding diaryl/α,β-unsaturated/α-hetero) is 1. The highest BCUT2D eigenvalue weighted by Gasteiger charge is 2.75. The van der Waals surface area contributed by atoms with Gasteiger partial charge >= 0.3 is 11.9 Å². The molecule has 3 aliphatic rings. The second-order valence-electron chi connectivity index (χ2n) is 10.8. The molecule has 0 aromatic heterocycles. The van der Waals surface area contributed by atoms with E-state index in [0.717, 1.165) is 5.56 Å². The number of hydrogen-bond acceptors (Lipinski definition) is 7.